The predicted molar refractivity (Wildman–Crippen MR) is 70.0 cm³/mol. The summed E-state index contributed by atoms with van der Waals surface area (Å²) < 4.78 is 10.6. The molecule has 0 heterocycles. The zero-order valence-electron chi connectivity index (χ0n) is 11.2. The fourth-order valence-corrected chi connectivity index (χ4v) is 1.49. The van der Waals surface area contributed by atoms with E-state index in [1.54, 1.807) is 0 Å². The second-order valence-corrected chi connectivity index (χ2v) is 4.47. The Labute approximate surface area is 111 Å². The molecule has 1 rings (SSSR count). The van der Waals surface area contributed by atoms with E-state index in [4.69, 9.17) is 9.47 Å². The fourth-order valence-electron chi connectivity index (χ4n) is 1.49. The standard InChI is InChI=1S/C13H17NO5/c1-9(2)4-5-19-13-7-11(14(16)17)10(8-15)6-12(13)18-3/h6-9H,4-5H2,1-3H3. The summed E-state index contributed by atoms with van der Waals surface area (Å²) in [4.78, 5) is 21.1. The first-order chi connectivity index (χ1) is 8.99. The average Bonchev–Trinajstić information content (AvgIpc) is 2.37. The number of aldehydes is 1. The van der Waals surface area contributed by atoms with Gasteiger partial charge in [-0.05, 0) is 12.3 Å². The molecule has 19 heavy (non-hydrogen) atoms. The van der Waals surface area contributed by atoms with Crippen molar-refractivity contribution in [2.45, 2.75) is 20.3 Å². The van der Waals surface area contributed by atoms with E-state index < -0.39 is 4.92 Å². The van der Waals surface area contributed by atoms with E-state index in [-0.39, 0.29) is 17.0 Å². The number of nitrogens with zero attached hydrogens (tertiary/aromatic N) is 1. The highest BCUT2D eigenvalue weighted by molar-refractivity contribution is 5.83. The van der Waals surface area contributed by atoms with Gasteiger partial charge in [0.1, 0.15) is 0 Å². The lowest BCUT2D eigenvalue weighted by Gasteiger charge is -2.12. The van der Waals surface area contributed by atoms with Gasteiger partial charge in [-0.15, -0.1) is 0 Å². The highest BCUT2D eigenvalue weighted by Gasteiger charge is 2.19. The second kappa shape index (κ2) is 6.72. The number of nitro groups is 1. The van der Waals surface area contributed by atoms with Crippen LogP contribution >= 0.6 is 0 Å². The van der Waals surface area contributed by atoms with E-state index >= 15 is 0 Å². The molecule has 0 aliphatic rings. The molecule has 0 aliphatic carbocycles. The van der Waals surface area contributed by atoms with Crippen LogP contribution in [0.4, 0.5) is 5.69 Å². The number of carbonyl (C=O) groups is 1. The Morgan fingerprint density at radius 1 is 1.37 bits per heavy atom. The Hall–Kier alpha value is -2.11. The number of nitro benzene ring substituents is 1. The molecular weight excluding hydrogens is 250 g/mol. The minimum Gasteiger partial charge on any atom is -0.493 e. The lowest BCUT2D eigenvalue weighted by molar-refractivity contribution is -0.385. The van der Waals surface area contributed by atoms with Gasteiger partial charge in [-0.3, -0.25) is 14.9 Å². The first kappa shape index (κ1) is 14.9. The van der Waals surface area contributed by atoms with Gasteiger partial charge in [-0.25, -0.2) is 0 Å². The number of rotatable bonds is 7. The van der Waals surface area contributed by atoms with E-state index in [9.17, 15) is 14.9 Å². The Balaban J connectivity index is 3.04. The average molecular weight is 267 g/mol. The van der Waals surface area contributed by atoms with Crippen LogP contribution in [0.15, 0.2) is 12.1 Å². The van der Waals surface area contributed by atoms with E-state index in [0.717, 1.165) is 6.42 Å². The normalized spacial score (nSPS) is 10.3. The molecule has 0 amide bonds. The number of methoxy groups -OCH3 is 1. The number of hydrogen-bond acceptors (Lipinski definition) is 5. The maximum absolute atomic E-state index is 10.9. The molecule has 1 aromatic rings. The molecule has 0 bridgehead atoms. The van der Waals surface area contributed by atoms with Gasteiger partial charge in [0, 0.05) is 6.07 Å². The molecule has 0 N–H and O–H groups in total. The van der Waals surface area contributed by atoms with Crippen molar-refractivity contribution in [3.05, 3.63) is 27.8 Å². The van der Waals surface area contributed by atoms with E-state index in [0.29, 0.717) is 24.6 Å². The van der Waals surface area contributed by atoms with Crippen LogP contribution in [0.3, 0.4) is 0 Å². The maximum atomic E-state index is 10.9. The molecular formula is C13H17NO5. The van der Waals surface area contributed by atoms with Crippen molar-refractivity contribution in [2.24, 2.45) is 5.92 Å². The molecule has 0 saturated carbocycles. The quantitative estimate of drug-likeness (QED) is 0.431. The fraction of sp³-hybridized carbons (Fsp3) is 0.462. The monoisotopic (exact) mass is 267 g/mol. The topological polar surface area (TPSA) is 78.7 Å². The molecule has 6 nitrogen and oxygen atoms in total. The van der Waals surface area contributed by atoms with Gasteiger partial charge in [0.2, 0.25) is 0 Å². The summed E-state index contributed by atoms with van der Waals surface area (Å²) >= 11 is 0. The molecule has 0 saturated heterocycles. The largest absolute Gasteiger partial charge is 0.493 e. The summed E-state index contributed by atoms with van der Waals surface area (Å²) in [6, 6.07) is 2.54. The van der Waals surface area contributed by atoms with Crippen molar-refractivity contribution in [3.63, 3.8) is 0 Å². The molecule has 0 aliphatic heterocycles. The van der Waals surface area contributed by atoms with Gasteiger partial charge in [0.15, 0.2) is 17.8 Å². The summed E-state index contributed by atoms with van der Waals surface area (Å²) in [5.41, 5.74) is -0.312. The lowest BCUT2D eigenvalue weighted by Crippen LogP contribution is -2.04. The van der Waals surface area contributed by atoms with E-state index in [1.807, 2.05) is 0 Å². The van der Waals surface area contributed by atoms with Crippen molar-refractivity contribution in [3.8, 4) is 11.5 Å². The number of carbonyl (C=O) groups excluding carboxylic acids is 1. The zero-order chi connectivity index (χ0) is 14.4. The molecule has 0 unspecified atom stereocenters. The molecule has 6 heteroatoms. The molecule has 0 spiro atoms. The third-order valence-electron chi connectivity index (χ3n) is 2.59. The van der Waals surface area contributed by atoms with E-state index in [2.05, 4.69) is 13.8 Å². The Bertz CT molecular complexity index is 470. The van der Waals surface area contributed by atoms with Crippen LogP contribution in [0, 0.1) is 16.0 Å². The van der Waals surface area contributed by atoms with Crippen LogP contribution in [0.5, 0.6) is 11.5 Å². The SMILES string of the molecule is COc1cc(C=O)c([N+](=O)[O-])cc1OCCC(C)C. The Kier molecular flexibility index (Phi) is 5.29. The molecule has 0 aromatic heterocycles. The summed E-state index contributed by atoms with van der Waals surface area (Å²) in [6.07, 6.45) is 1.25. The molecule has 0 radical (unpaired) electrons. The number of benzene rings is 1. The third kappa shape index (κ3) is 3.94. The second-order valence-electron chi connectivity index (χ2n) is 4.47. The van der Waals surface area contributed by atoms with Crippen LogP contribution in [-0.2, 0) is 0 Å². The van der Waals surface area contributed by atoms with Crippen molar-refractivity contribution >= 4 is 12.0 Å². The summed E-state index contributed by atoms with van der Waals surface area (Å²) in [5, 5.41) is 10.9. The summed E-state index contributed by atoms with van der Waals surface area (Å²) in [7, 11) is 1.42. The van der Waals surface area contributed by atoms with Gasteiger partial charge in [0.05, 0.1) is 30.3 Å². The van der Waals surface area contributed by atoms with Gasteiger partial charge >= 0.3 is 0 Å². The van der Waals surface area contributed by atoms with Crippen LogP contribution < -0.4 is 9.47 Å². The van der Waals surface area contributed by atoms with Crippen molar-refractivity contribution in [1.82, 2.24) is 0 Å². The number of ether oxygens (including phenoxy) is 2. The smallest absolute Gasteiger partial charge is 0.283 e. The van der Waals surface area contributed by atoms with Crippen LogP contribution in [-0.4, -0.2) is 24.9 Å². The van der Waals surface area contributed by atoms with Crippen molar-refractivity contribution in [2.75, 3.05) is 13.7 Å². The van der Waals surface area contributed by atoms with Gasteiger partial charge in [0.25, 0.3) is 5.69 Å². The van der Waals surface area contributed by atoms with Gasteiger partial charge in [-0.2, -0.15) is 0 Å². The Morgan fingerprint density at radius 2 is 2.05 bits per heavy atom. The summed E-state index contributed by atoms with van der Waals surface area (Å²) in [6.45, 7) is 4.54. The minimum absolute atomic E-state index is 0.0296. The van der Waals surface area contributed by atoms with E-state index in [1.165, 1.54) is 19.2 Å². The lowest BCUT2D eigenvalue weighted by atomic mass is 10.1. The molecule has 104 valence electrons. The number of hydrogen-bond donors (Lipinski definition) is 0. The molecule has 1 aromatic carbocycles. The summed E-state index contributed by atoms with van der Waals surface area (Å²) in [5.74, 6) is 1.06. The predicted octanol–water partition coefficient (Wildman–Crippen LogP) is 2.84. The zero-order valence-corrected chi connectivity index (χ0v) is 11.2. The molecule has 0 atom stereocenters. The Morgan fingerprint density at radius 3 is 2.53 bits per heavy atom. The third-order valence-corrected chi connectivity index (χ3v) is 2.59. The highest BCUT2D eigenvalue weighted by Crippen LogP contribution is 2.34. The van der Waals surface area contributed by atoms with Crippen LogP contribution in [0.2, 0.25) is 0 Å². The first-order valence-corrected chi connectivity index (χ1v) is 5.94. The van der Waals surface area contributed by atoms with Crippen molar-refractivity contribution in [1.29, 1.82) is 0 Å². The highest BCUT2D eigenvalue weighted by atomic mass is 16.6. The first-order valence-electron chi connectivity index (χ1n) is 5.94. The minimum atomic E-state index is -0.613. The molecule has 0 fully saturated rings. The van der Waals surface area contributed by atoms with Crippen LogP contribution in [0.25, 0.3) is 0 Å². The maximum Gasteiger partial charge on any atom is 0.283 e. The van der Waals surface area contributed by atoms with Crippen LogP contribution in [0.1, 0.15) is 30.6 Å². The van der Waals surface area contributed by atoms with Gasteiger partial charge in [-0.1, -0.05) is 13.8 Å². The van der Waals surface area contributed by atoms with Crippen molar-refractivity contribution < 1.29 is 19.2 Å². The van der Waals surface area contributed by atoms with Gasteiger partial charge < -0.3 is 9.47 Å².